The van der Waals surface area contributed by atoms with Crippen LogP contribution in [0.3, 0.4) is 0 Å². The van der Waals surface area contributed by atoms with E-state index in [0.717, 1.165) is 50.9 Å². The summed E-state index contributed by atoms with van der Waals surface area (Å²) in [4.78, 5) is 26.0. The fourth-order valence-corrected chi connectivity index (χ4v) is 4.43. The van der Waals surface area contributed by atoms with E-state index in [1.165, 1.54) is 32.8 Å². The summed E-state index contributed by atoms with van der Waals surface area (Å²) in [5, 5.41) is 12.4. The minimum atomic E-state index is -0.404. The molecule has 0 saturated carbocycles. The van der Waals surface area contributed by atoms with E-state index >= 15 is 0 Å². The van der Waals surface area contributed by atoms with Gasteiger partial charge in [0, 0.05) is 19.5 Å². The molecule has 260 valence electrons. The van der Waals surface area contributed by atoms with Gasteiger partial charge in [-0.2, -0.15) is 0 Å². The summed E-state index contributed by atoms with van der Waals surface area (Å²) in [6, 6.07) is 10.1. The Labute approximate surface area is 276 Å². The van der Waals surface area contributed by atoms with Crippen molar-refractivity contribution >= 4 is 17.6 Å². The predicted octanol–water partition coefficient (Wildman–Crippen LogP) is 6.73. The second kappa shape index (κ2) is 25.7. The van der Waals surface area contributed by atoms with Crippen molar-refractivity contribution in [3.05, 3.63) is 47.5 Å². The first-order valence-corrected chi connectivity index (χ1v) is 16.9. The molecule has 0 bridgehead atoms. The summed E-state index contributed by atoms with van der Waals surface area (Å²) < 4.78 is 21.3. The maximum Gasteiger partial charge on any atom is 0.338 e. The summed E-state index contributed by atoms with van der Waals surface area (Å²) in [5.41, 5.74) is 7.71. The average Bonchev–Trinajstić information content (AvgIpc) is 3.06. The number of anilines is 1. The second-order valence-corrected chi connectivity index (χ2v) is 11.0. The van der Waals surface area contributed by atoms with Gasteiger partial charge >= 0.3 is 5.97 Å². The van der Waals surface area contributed by atoms with E-state index in [9.17, 15) is 14.7 Å². The number of likely N-dealkylation sites (N-methyl/N-ethyl adjacent to an activating group) is 1. The lowest BCUT2D eigenvalue weighted by molar-refractivity contribution is -0.121. The topological polar surface area (TPSA) is 133 Å². The van der Waals surface area contributed by atoms with E-state index in [-0.39, 0.29) is 18.3 Å². The number of amides is 1. The van der Waals surface area contributed by atoms with E-state index in [1.54, 1.807) is 36.4 Å². The zero-order valence-electron chi connectivity index (χ0n) is 28.9. The van der Waals surface area contributed by atoms with Crippen LogP contribution in [0, 0.1) is 0 Å². The van der Waals surface area contributed by atoms with Crippen LogP contribution in [0.15, 0.2) is 36.4 Å². The number of methoxy groups -OCH3 is 1. The third-order valence-corrected chi connectivity index (χ3v) is 7.40. The molecule has 0 atom stereocenters. The minimum absolute atomic E-state index is 0.0810. The highest BCUT2D eigenvalue weighted by Crippen LogP contribution is 2.26. The number of unbranched alkanes of at least 4 members (excludes halogenated alkanes) is 6. The monoisotopic (exact) mass is 645 g/mol. The number of nitrogens with zero attached hydrogens (tertiary/aromatic N) is 1. The molecule has 0 saturated heterocycles. The number of phenols is 1. The Bertz CT molecular complexity index is 1110. The van der Waals surface area contributed by atoms with E-state index in [4.69, 9.17) is 24.7 Å². The minimum Gasteiger partial charge on any atom is -0.504 e. The molecule has 0 aliphatic carbocycles. The number of aromatic hydroxyl groups is 1. The molecular weight excluding hydrogens is 586 g/mol. The number of phenolic OH excluding ortho intramolecular Hbond substituents is 1. The Morgan fingerprint density at radius 3 is 2.22 bits per heavy atom. The van der Waals surface area contributed by atoms with Gasteiger partial charge in [0.15, 0.2) is 11.5 Å². The summed E-state index contributed by atoms with van der Waals surface area (Å²) in [6.45, 7) is 13.8. The molecule has 1 amide bonds. The first-order valence-electron chi connectivity index (χ1n) is 16.9. The van der Waals surface area contributed by atoms with Crippen LogP contribution in [-0.2, 0) is 20.8 Å². The van der Waals surface area contributed by atoms with Crippen molar-refractivity contribution in [3.63, 3.8) is 0 Å². The maximum absolute atomic E-state index is 12.0. The molecule has 0 spiro atoms. The van der Waals surface area contributed by atoms with Crippen molar-refractivity contribution in [1.82, 2.24) is 10.2 Å². The molecule has 46 heavy (non-hydrogen) atoms. The molecule has 0 fully saturated rings. The van der Waals surface area contributed by atoms with Crippen molar-refractivity contribution in [1.29, 1.82) is 0 Å². The molecule has 2 aromatic rings. The van der Waals surface area contributed by atoms with Crippen LogP contribution >= 0.6 is 0 Å². The highest BCUT2D eigenvalue weighted by atomic mass is 16.6. The van der Waals surface area contributed by atoms with Gasteiger partial charge in [0.05, 0.1) is 38.2 Å². The van der Waals surface area contributed by atoms with Gasteiger partial charge in [-0.05, 0) is 61.8 Å². The van der Waals surface area contributed by atoms with Gasteiger partial charge in [-0.3, -0.25) is 4.79 Å². The van der Waals surface area contributed by atoms with Gasteiger partial charge in [0.2, 0.25) is 5.91 Å². The number of nitrogens with one attached hydrogen (secondary N) is 1. The number of esters is 1. The van der Waals surface area contributed by atoms with Crippen LogP contribution in [0.25, 0.3) is 0 Å². The van der Waals surface area contributed by atoms with E-state index in [2.05, 4.69) is 37.9 Å². The molecule has 0 unspecified atom stereocenters. The Morgan fingerprint density at radius 2 is 1.54 bits per heavy atom. The number of hydrogen-bond donors (Lipinski definition) is 3. The van der Waals surface area contributed by atoms with E-state index in [0.29, 0.717) is 55.5 Å². The molecular formula is C36H59N3O7. The molecule has 0 aliphatic heterocycles. The normalized spacial score (nSPS) is 10.7. The van der Waals surface area contributed by atoms with Crippen LogP contribution in [-0.4, -0.2) is 75.1 Å². The summed E-state index contributed by atoms with van der Waals surface area (Å²) in [5.74, 6) is 0.818. The first-order chi connectivity index (χ1) is 22.3. The van der Waals surface area contributed by atoms with Gasteiger partial charge in [-0.15, -0.1) is 0 Å². The summed E-state index contributed by atoms with van der Waals surface area (Å²) in [7, 11) is 1.51. The molecule has 2 aromatic carbocycles. The standard InChI is InChI=1S/C19H32N2O4.C17H27NO3/c1-4-7-11-24-18-9-8-16(15-17(18)20)19(22)25-14-13-23-12-10-21(5-2)6-3;1-3-4-5-6-7-8-9-17(20)18-13-14-10-11-15(19)16(12-14)21-2/h8-9,15H,4-7,10-14,20H2,1-3H3;10-12,19H,3-9,13H2,1-2H3,(H,18,20). The van der Waals surface area contributed by atoms with Gasteiger partial charge < -0.3 is 40.0 Å². The third-order valence-electron chi connectivity index (χ3n) is 7.40. The Hall–Kier alpha value is -3.50. The maximum atomic E-state index is 12.0. The lowest BCUT2D eigenvalue weighted by atomic mass is 10.1. The molecule has 0 aliphatic rings. The van der Waals surface area contributed by atoms with Crippen LogP contribution in [0.1, 0.15) is 101 Å². The first kappa shape index (κ1) is 40.5. The quantitative estimate of drug-likeness (QED) is 0.0683. The Morgan fingerprint density at radius 1 is 0.826 bits per heavy atom. The number of benzene rings is 2. The summed E-state index contributed by atoms with van der Waals surface area (Å²) in [6.07, 6.45) is 9.71. The van der Waals surface area contributed by atoms with Crippen LogP contribution in [0.5, 0.6) is 17.2 Å². The number of carbonyl (C=O) groups excluding carboxylic acids is 2. The number of carbonyl (C=O) groups is 2. The van der Waals surface area contributed by atoms with Gasteiger partial charge in [-0.25, -0.2) is 4.79 Å². The molecule has 0 aromatic heterocycles. The molecule has 4 N–H and O–H groups in total. The van der Waals surface area contributed by atoms with E-state index in [1.807, 2.05) is 0 Å². The van der Waals surface area contributed by atoms with Crippen molar-refractivity contribution in [2.24, 2.45) is 0 Å². The SMILES string of the molecule is CCCCCCCCC(=O)NCc1ccc(O)c(OC)c1.CCCCOc1ccc(C(=O)OCCOCCN(CC)CC)cc1N. The molecule has 10 nitrogen and oxygen atoms in total. The summed E-state index contributed by atoms with van der Waals surface area (Å²) >= 11 is 0. The molecule has 2 rings (SSSR count). The Balaban J connectivity index is 0.000000467. The van der Waals surface area contributed by atoms with Crippen molar-refractivity contribution < 1.29 is 33.6 Å². The molecule has 0 heterocycles. The lowest BCUT2D eigenvalue weighted by Crippen LogP contribution is -2.27. The van der Waals surface area contributed by atoms with Gasteiger partial charge in [0.1, 0.15) is 12.4 Å². The lowest BCUT2D eigenvalue weighted by Gasteiger charge is -2.17. The molecule has 10 heteroatoms. The number of rotatable bonds is 23. The predicted molar refractivity (Wildman–Crippen MR) is 185 cm³/mol. The van der Waals surface area contributed by atoms with Crippen molar-refractivity contribution in [2.75, 3.05) is 58.9 Å². The highest BCUT2D eigenvalue weighted by molar-refractivity contribution is 5.91. The fourth-order valence-electron chi connectivity index (χ4n) is 4.43. The zero-order valence-corrected chi connectivity index (χ0v) is 28.9. The number of nitrogens with two attached hydrogens (primary N) is 1. The Kier molecular flexibility index (Phi) is 22.6. The van der Waals surface area contributed by atoms with Gasteiger partial charge in [0.25, 0.3) is 0 Å². The highest BCUT2D eigenvalue weighted by Gasteiger charge is 2.11. The second-order valence-electron chi connectivity index (χ2n) is 11.0. The van der Waals surface area contributed by atoms with E-state index < -0.39 is 5.97 Å². The number of hydrogen-bond acceptors (Lipinski definition) is 9. The van der Waals surface area contributed by atoms with Crippen LogP contribution < -0.4 is 20.5 Å². The number of nitrogen functional groups attached to an aromatic ring is 1. The van der Waals surface area contributed by atoms with Gasteiger partial charge in [-0.1, -0.05) is 72.3 Å². The van der Waals surface area contributed by atoms with Crippen molar-refractivity contribution in [2.45, 2.75) is 92.0 Å². The smallest absolute Gasteiger partial charge is 0.338 e. The fraction of sp³-hybridized carbons (Fsp3) is 0.611. The molecule has 0 radical (unpaired) electrons. The van der Waals surface area contributed by atoms with Crippen LogP contribution in [0.4, 0.5) is 5.69 Å². The van der Waals surface area contributed by atoms with Crippen molar-refractivity contribution in [3.8, 4) is 17.2 Å². The third kappa shape index (κ3) is 17.8. The average molecular weight is 646 g/mol. The number of ether oxygens (including phenoxy) is 4. The zero-order chi connectivity index (χ0) is 34.0. The van der Waals surface area contributed by atoms with Crippen LogP contribution in [0.2, 0.25) is 0 Å². The largest absolute Gasteiger partial charge is 0.504 e.